The van der Waals surface area contributed by atoms with Gasteiger partial charge in [-0.2, -0.15) is 13.2 Å². The highest BCUT2D eigenvalue weighted by molar-refractivity contribution is 9.09. The van der Waals surface area contributed by atoms with Gasteiger partial charge in [0.2, 0.25) is 0 Å². The van der Waals surface area contributed by atoms with E-state index in [1.54, 1.807) is 18.2 Å². The Hall–Kier alpha value is 0.0300. The Labute approximate surface area is 121 Å². The normalized spacial score (nSPS) is 13.7. The van der Waals surface area contributed by atoms with E-state index in [2.05, 4.69) is 20.7 Å². The second kappa shape index (κ2) is 6.98. The predicted octanol–water partition coefficient (Wildman–Crippen LogP) is 5.40. The monoisotopic (exact) mass is 364 g/mol. The molecule has 1 aromatic carbocycles. The van der Waals surface area contributed by atoms with E-state index in [0.29, 0.717) is 16.5 Å². The number of alkyl halides is 4. The Morgan fingerprint density at radius 3 is 2.44 bits per heavy atom. The average Bonchev–Trinajstić information content (AvgIpc) is 2.26. The molecule has 0 radical (unpaired) electrons. The van der Waals surface area contributed by atoms with Gasteiger partial charge >= 0.3 is 6.18 Å². The Morgan fingerprint density at radius 2 is 1.89 bits per heavy atom. The van der Waals surface area contributed by atoms with E-state index in [9.17, 15) is 13.2 Å². The largest absolute Gasteiger partial charge is 0.411 e. The Bertz CT molecular complexity index is 398. The summed E-state index contributed by atoms with van der Waals surface area (Å²) in [5.74, 6) is 0. The fourth-order valence-electron chi connectivity index (χ4n) is 1.25. The van der Waals surface area contributed by atoms with Crippen LogP contribution in [0.5, 0.6) is 0 Å². The van der Waals surface area contributed by atoms with Crippen LogP contribution < -0.4 is 0 Å². The molecule has 7 heteroatoms. The summed E-state index contributed by atoms with van der Waals surface area (Å²) >= 11 is 15.0. The molecule has 0 saturated carbocycles. The van der Waals surface area contributed by atoms with Crippen LogP contribution in [-0.2, 0) is 4.74 Å². The van der Waals surface area contributed by atoms with Gasteiger partial charge < -0.3 is 4.74 Å². The Kier molecular flexibility index (Phi) is 6.24. The van der Waals surface area contributed by atoms with Crippen molar-refractivity contribution in [3.05, 3.63) is 33.8 Å². The van der Waals surface area contributed by atoms with Crippen molar-refractivity contribution in [3.8, 4) is 0 Å². The summed E-state index contributed by atoms with van der Waals surface area (Å²) in [7, 11) is 0. The van der Waals surface area contributed by atoms with Crippen molar-refractivity contribution < 1.29 is 17.9 Å². The van der Waals surface area contributed by atoms with Crippen molar-refractivity contribution in [3.63, 3.8) is 0 Å². The molecule has 0 heterocycles. The molecule has 0 saturated heterocycles. The third-order valence-corrected chi connectivity index (χ3v) is 3.81. The van der Waals surface area contributed by atoms with E-state index in [1.165, 1.54) is 0 Å². The molecule has 102 valence electrons. The molecule has 1 rings (SSSR count). The van der Waals surface area contributed by atoms with Crippen LogP contribution in [0.4, 0.5) is 13.2 Å². The van der Waals surface area contributed by atoms with Crippen LogP contribution in [0.1, 0.15) is 16.8 Å². The van der Waals surface area contributed by atoms with Crippen LogP contribution in [0, 0.1) is 0 Å². The van der Waals surface area contributed by atoms with Crippen molar-refractivity contribution in [2.75, 3.05) is 13.2 Å². The van der Waals surface area contributed by atoms with Crippen molar-refractivity contribution >= 4 is 39.1 Å². The smallest absolute Gasteiger partial charge is 0.372 e. The van der Waals surface area contributed by atoms with Gasteiger partial charge in [0.05, 0.1) is 10.0 Å². The third-order valence-electron chi connectivity index (χ3n) is 2.09. The molecule has 1 aromatic rings. The lowest BCUT2D eigenvalue weighted by atomic mass is 10.1. The van der Waals surface area contributed by atoms with Gasteiger partial charge in [0, 0.05) is 11.4 Å². The molecule has 0 amide bonds. The fraction of sp³-hybridized carbons (Fsp3) is 0.455. The number of halogens is 6. The van der Waals surface area contributed by atoms with Crippen LogP contribution in [0.25, 0.3) is 0 Å². The van der Waals surface area contributed by atoms with Gasteiger partial charge in [-0.25, -0.2) is 0 Å². The summed E-state index contributed by atoms with van der Waals surface area (Å²) in [5.41, 5.74) is 0.847. The SMILES string of the molecule is FC(F)(F)COCCC(Br)c1ccc(Cl)c(Cl)c1. The molecule has 0 fully saturated rings. The highest BCUT2D eigenvalue weighted by Gasteiger charge is 2.27. The third kappa shape index (κ3) is 5.78. The molecule has 1 atom stereocenters. The van der Waals surface area contributed by atoms with E-state index >= 15 is 0 Å². The van der Waals surface area contributed by atoms with E-state index in [0.717, 1.165) is 5.56 Å². The van der Waals surface area contributed by atoms with Crippen LogP contribution in [0.15, 0.2) is 18.2 Å². The first-order chi connectivity index (χ1) is 8.29. The van der Waals surface area contributed by atoms with Gasteiger partial charge in [-0.3, -0.25) is 0 Å². The minimum Gasteiger partial charge on any atom is -0.372 e. The lowest BCUT2D eigenvalue weighted by Crippen LogP contribution is -2.17. The van der Waals surface area contributed by atoms with Crippen LogP contribution >= 0.6 is 39.1 Å². The Balaban J connectivity index is 2.41. The molecular weight excluding hydrogens is 356 g/mol. The zero-order chi connectivity index (χ0) is 13.8. The van der Waals surface area contributed by atoms with Crippen LogP contribution in [0.3, 0.4) is 0 Å². The molecule has 0 aliphatic carbocycles. The molecule has 1 unspecified atom stereocenters. The minimum absolute atomic E-state index is 0.00960. The molecule has 18 heavy (non-hydrogen) atoms. The van der Waals surface area contributed by atoms with Gasteiger partial charge in [0.15, 0.2) is 0 Å². The summed E-state index contributed by atoms with van der Waals surface area (Å²) in [6.45, 7) is -1.22. The molecule has 0 aliphatic rings. The molecule has 0 bridgehead atoms. The van der Waals surface area contributed by atoms with Gasteiger partial charge in [-0.15, -0.1) is 0 Å². The summed E-state index contributed by atoms with van der Waals surface area (Å²) in [6.07, 6.45) is -3.88. The number of ether oxygens (including phenoxy) is 1. The summed E-state index contributed by atoms with van der Waals surface area (Å²) in [5, 5.41) is 0.850. The van der Waals surface area contributed by atoms with Crippen molar-refractivity contribution in [1.82, 2.24) is 0 Å². The first kappa shape index (κ1) is 16.1. The lowest BCUT2D eigenvalue weighted by molar-refractivity contribution is -0.174. The number of hydrogen-bond acceptors (Lipinski definition) is 1. The second-order valence-corrected chi connectivity index (χ2v) is 5.52. The Morgan fingerprint density at radius 1 is 1.22 bits per heavy atom. The summed E-state index contributed by atoms with van der Waals surface area (Å²) in [4.78, 5) is -0.125. The van der Waals surface area contributed by atoms with Crippen molar-refractivity contribution in [2.24, 2.45) is 0 Å². The van der Waals surface area contributed by atoms with Gasteiger partial charge in [0.25, 0.3) is 0 Å². The molecule has 0 aromatic heterocycles. The second-order valence-electron chi connectivity index (χ2n) is 3.60. The highest BCUT2D eigenvalue weighted by Crippen LogP contribution is 2.31. The van der Waals surface area contributed by atoms with Crippen molar-refractivity contribution in [2.45, 2.75) is 17.4 Å². The zero-order valence-corrected chi connectivity index (χ0v) is 12.2. The minimum atomic E-state index is -4.29. The van der Waals surface area contributed by atoms with Crippen LogP contribution in [0.2, 0.25) is 10.0 Å². The van der Waals surface area contributed by atoms with E-state index in [-0.39, 0.29) is 11.4 Å². The molecule has 0 N–H and O–H groups in total. The summed E-state index contributed by atoms with van der Waals surface area (Å²) < 4.78 is 40.0. The molecular formula is C11H10BrCl2F3O. The van der Waals surface area contributed by atoms with E-state index in [1.807, 2.05) is 0 Å². The summed E-state index contributed by atoms with van der Waals surface area (Å²) in [6, 6.07) is 5.08. The molecule has 0 spiro atoms. The van der Waals surface area contributed by atoms with Crippen molar-refractivity contribution in [1.29, 1.82) is 0 Å². The average molecular weight is 366 g/mol. The predicted molar refractivity (Wildman–Crippen MR) is 69.6 cm³/mol. The maximum Gasteiger partial charge on any atom is 0.411 e. The number of rotatable bonds is 5. The van der Waals surface area contributed by atoms with Crippen LogP contribution in [-0.4, -0.2) is 19.4 Å². The number of hydrogen-bond donors (Lipinski definition) is 0. The standard InChI is InChI=1S/C11H10BrCl2F3O/c12-8(3-4-18-6-11(15,16)17)7-1-2-9(13)10(14)5-7/h1-2,5,8H,3-4,6H2. The maximum absolute atomic E-state index is 11.8. The fourth-order valence-corrected chi connectivity index (χ4v) is 2.03. The maximum atomic E-state index is 11.8. The first-order valence-corrected chi connectivity index (χ1v) is 6.70. The highest BCUT2D eigenvalue weighted by atomic mass is 79.9. The lowest BCUT2D eigenvalue weighted by Gasteiger charge is -2.12. The van der Waals surface area contributed by atoms with E-state index in [4.69, 9.17) is 23.2 Å². The van der Waals surface area contributed by atoms with Gasteiger partial charge in [0.1, 0.15) is 6.61 Å². The zero-order valence-electron chi connectivity index (χ0n) is 9.11. The quantitative estimate of drug-likeness (QED) is 0.501. The van der Waals surface area contributed by atoms with Gasteiger partial charge in [-0.1, -0.05) is 45.2 Å². The molecule has 0 aliphatic heterocycles. The first-order valence-electron chi connectivity index (χ1n) is 5.03. The van der Waals surface area contributed by atoms with E-state index < -0.39 is 12.8 Å². The van der Waals surface area contributed by atoms with Gasteiger partial charge in [-0.05, 0) is 24.1 Å². The molecule has 1 nitrogen and oxygen atoms in total. The number of benzene rings is 1. The topological polar surface area (TPSA) is 9.23 Å².